The second kappa shape index (κ2) is 7.43. The second-order valence-corrected chi connectivity index (χ2v) is 13.5. The molecule has 36 heavy (non-hydrogen) atoms. The molecule has 0 bridgehead atoms. The first-order valence-corrected chi connectivity index (χ1v) is 13.9. The van der Waals surface area contributed by atoms with E-state index >= 15 is 0 Å². The molecule has 1 aromatic carbocycles. The van der Waals surface area contributed by atoms with Gasteiger partial charge in [-0.1, -0.05) is 87.7 Å². The van der Waals surface area contributed by atoms with E-state index in [1.807, 2.05) is 30.3 Å². The van der Waals surface area contributed by atoms with Crippen LogP contribution in [0.1, 0.15) is 66.4 Å². The molecular weight excluding hydrogens is 446 g/mol. The summed E-state index contributed by atoms with van der Waals surface area (Å²) in [6, 6.07) is 9.85. The molecule has 1 heterocycles. The minimum atomic E-state index is -1.47. The lowest BCUT2D eigenvalue weighted by Crippen LogP contribution is -2.57. The number of allylic oxidation sites excluding steroid dienone is 4. The summed E-state index contributed by atoms with van der Waals surface area (Å²) in [4.78, 5) is 29.3. The molecule has 192 valence electrons. The summed E-state index contributed by atoms with van der Waals surface area (Å²) in [7, 11) is 0. The van der Waals surface area contributed by atoms with Crippen molar-refractivity contribution in [3.8, 4) is 0 Å². The molecule has 1 aromatic rings. The predicted molar refractivity (Wildman–Crippen MR) is 141 cm³/mol. The van der Waals surface area contributed by atoms with Crippen molar-refractivity contribution < 1.29 is 14.7 Å². The molecule has 0 unspecified atom stereocenters. The third-order valence-electron chi connectivity index (χ3n) is 11.4. The van der Waals surface area contributed by atoms with Gasteiger partial charge in [-0.25, -0.2) is 0 Å². The summed E-state index contributed by atoms with van der Waals surface area (Å²) in [6.07, 6.45) is 8.27. The molecule has 1 saturated heterocycles. The van der Waals surface area contributed by atoms with Gasteiger partial charge >= 0.3 is 0 Å². The average Bonchev–Trinajstić information content (AvgIpc) is 3.14. The molecule has 3 fully saturated rings. The number of aliphatic hydroxyl groups is 1. The lowest BCUT2D eigenvalue weighted by atomic mass is 9.48. The highest BCUT2D eigenvalue weighted by Gasteiger charge is 2.82. The topological polar surface area (TPSA) is 66.4 Å². The van der Waals surface area contributed by atoms with Crippen molar-refractivity contribution in [3.63, 3.8) is 0 Å². The Hall–Kier alpha value is -2.20. The number of benzene rings is 1. The van der Waals surface area contributed by atoms with Crippen molar-refractivity contribution >= 4 is 11.7 Å². The Morgan fingerprint density at radius 1 is 1.00 bits per heavy atom. The van der Waals surface area contributed by atoms with Gasteiger partial charge in [-0.3, -0.25) is 9.59 Å². The Labute approximate surface area is 215 Å². The minimum Gasteiger partial charge on any atom is -0.370 e. The standard InChI is InChI=1S/C32H41NO3/c1-18-12-13-23-24-25(20(3)15-29(23,5)14-18)30(6)16-19(2)21(4)26-31(36,17-22-10-8-7-9-11-22)33-28(35)32(26,30)27(24)34/h7-11,15-16,18,21,23-26,36H,12-14,17H2,1-6H3,(H,33,35)/t18-,21-,23+,24+,25-,26-,29+,30-,31+,32+/m1/s1. The van der Waals surface area contributed by atoms with Crippen molar-refractivity contribution in [2.45, 2.75) is 73.0 Å². The highest BCUT2D eigenvalue weighted by atomic mass is 16.3. The van der Waals surface area contributed by atoms with E-state index in [2.05, 4.69) is 59.0 Å². The van der Waals surface area contributed by atoms with Gasteiger partial charge in [0.25, 0.3) is 0 Å². The quantitative estimate of drug-likeness (QED) is 0.429. The van der Waals surface area contributed by atoms with Crippen LogP contribution in [-0.2, 0) is 16.0 Å². The average molecular weight is 488 g/mol. The molecule has 5 aliphatic rings. The fraction of sp³-hybridized carbons (Fsp3) is 0.625. The first-order chi connectivity index (χ1) is 16.9. The summed E-state index contributed by atoms with van der Waals surface area (Å²) < 4.78 is 0. The Morgan fingerprint density at radius 2 is 1.69 bits per heavy atom. The highest BCUT2D eigenvalue weighted by molar-refractivity contribution is 6.13. The number of rotatable bonds is 2. The van der Waals surface area contributed by atoms with Gasteiger partial charge in [0, 0.05) is 23.7 Å². The van der Waals surface area contributed by atoms with E-state index in [4.69, 9.17) is 0 Å². The van der Waals surface area contributed by atoms with E-state index < -0.39 is 22.5 Å². The summed E-state index contributed by atoms with van der Waals surface area (Å²) in [6.45, 7) is 13.2. The molecule has 0 radical (unpaired) electrons. The number of nitrogens with one attached hydrogen (secondary N) is 1. The Bertz CT molecular complexity index is 1200. The van der Waals surface area contributed by atoms with Crippen molar-refractivity contribution in [3.05, 3.63) is 59.2 Å². The third-order valence-corrected chi connectivity index (χ3v) is 11.4. The van der Waals surface area contributed by atoms with Crippen molar-refractivity contribution in [1.82, 2.24) is 5.32 Å². The molecule has 1 aliphatic heterocycles. The molecular formula is C32H41NO3. The van der Waals surface area contributed by atoms with Gasteiger partial charge in [-0.2, -0.15) is 0 Å². The van der Waals surface area contributed by atoms with Crippen LogP contribution in [0.15, 0.2) is 53.6 Å². The maximum Gasteiger partial charge on any atom is 0.237 e. The van der Waals surface area contributed by atoms with E-state index in [-0.39, 0.29) is 40.8 Å². The largest absolute Gasteiger partial charge is 0.370 e. The van der Waals surface area contributed by atoms with Crippen LogP contribution in [0.2, 0.25) is 0 Å². The molecule has 1 spiro atoms. The van der Waals surface area contributed by atoms with E-state index in [0.29, 0.717) is 12.3 Å². The fourth-order valence-electron chi connectivity index (χ4n) is 10.3. The van der Waals surface area contributed by atoms with E-state index in [9.17, 15) is 14.7 Å². The third kappa shape index (κ3) is 2.75. The number of hydrogen-bond acceptors (Lipinski definition) is 3. The number of amides is 1. The molecule has 10 atom stereocenters. The number of carbonyl (C=O) groups is 2. The van der Waals surface area contributed by atoms with Gasteiger partial charge < -0.3 is 10.4 Å². The summed E-state index contributed by atoms with van der Waals surface area (Å²) >= 11 is 0. The molecule has 4 nitrogen and oxygen atoms in total. The fourth-order valence-corrected chi connectivity index (χ4v) is 10.3. The summed E-state index contributed by atoms with van der Waals surface area (Å²) in [5, 5.41) is 15.3. The molecule has 6 rings (SSSR count). The summed E-state index contributed by atoms with van der Waals surface area (Å²) in [5.41, 5.74) is -0.0161. The lowest BCUT2D eigenvalue weighted by Gasteiger charge is -2.53. The van der Waals surface area contributed by atoms with Crippen molar-refractivity contribution in [2.24, 2.45) is 51.8 Å². The highest BCUT2D eigenvalue weighted by Crippen LogP contribution is 2.74. The second-order valence-electron chi connectivity index (χ2n) is 13.5. The maximum absolute atomic E-state index is 15.0. The zero-order chi connectivity index (χ0) is 25.8. The molecule has 4 aliphatic carbocycles. The molecule has 2 saturated carbocycles. The van der Waals surface area contributed by atoms with Crippen LogP contribution < -0.4 is 5.32 Å². The zero-order valence-corrected chi connectivity index (χ0v) is 22.6. The van der Waals surface area contributed by atoms with Crippen LogP contribution >= 0.6 is 0 Å². The number of hydrogen-bond donors (Lipinski definition) is 2. The van der Waals surface area contributed by atoms with Crippen molar-refractivity contribution in [1.29, 1.82) is 0 Å². The number of carbonyl (C=O) groups excluding carboxylic acids is 2. The van der Waals surface area contributed by atoms with E-state index in [1.54, 1.807) is 0 Å². The Morgan fingerprint density at radius 3 is 2.39 bits per heavy atom. The van der Waals surface area contributed by atoms with Crippen LogP contribution in [0, 0.1) is 51.8 Å². The maximum atomic E-state index is 15.0. The molecule has 0 aromatic heterocycles. The first-order valence-electron chi connectivity index (χ1n) is 13.9. The van der Waals surface area contributed by atoms with E-state index in [0.717, 1.165) is 24.8 Å². The number of ketones is 1. The normalized spacial score (nSPS) is 49.3. The first kappa shape index (κ1) is 24.2. The van der Waals surface area contributed by atoms with Gasteiger partial charge in [0.05, 0.1) is 0 Å². The van der Waals surface area contributed by atoms with Crippen molar-refractivity contribution in [2.75, 3.05) is 0 Å². The molecule has 2 N–H and O–H groups in total. The Balaban J connectivity index is 1.55. The van der Waals surface area contributed by atoms with Crippen LogP contribution in [0.3, 0.4) is 0 Å². The smallest absolute Gasteiger partial charge is 0.237 e. The monoisotopic (exact) mass is 487 g/mol. The van der Waals surface area contributed by atoms with Gasteiger partial charge in [0.2, 0.25) is 5.91 Å². The van der Waals surface area contributed by atoms with Crippen LogP contribution in [0.5, 0.6) is 0 Å². The van der Waals surface area contributed by atoms with E-state index in [1.165, 1.54) is 11.1 Å². The lowest BCUT2D eigenvalue weighted by molar-refractivity contribution is -0.151. The van der Waals surface area contributed by atoms with Gasteiger partial charge in [-0.15, -0.1) is 0 Å². The van der Waals surface area contributed by atoms with Crippen LogP contribution in [-0.4, -0.2) is 22.5 Å². The minimum absolute atomic E-state index is 0.00810. The summed E-state index contributed by atoms with van der Waals surface area (Å²) in [5.74, 6) is -0.0702. The predicted octanol–water partition coefficient (Wildman–Crippen LogP) is 5.47. The molecule has 4 heteroatoms. The number of Topliss-reactive ketones (excluding diaryl/α,β-unsaturated/α-hetero) is 1. The van der Waals surface area contributed by atoms with Crippen LogP contribution in [0.25, 0.3) is 0 Å². The van der Waals surface area contributed by atoms with Crippen LogP contribution in [0.4, 0.5) is 0 Å². The van der Waals surface area contributed by atoms with Gasteiger partial charge in [0.15, 0.2) is 5.78 Å². The molecule has 1 amide bonds. The van der Waals surface area contributed by atoms with Gasteiger partial charge in [0.1, 0.15) is 11.1 Å². The number of fused-ring (bicyclic) bond motifs is 4. The Kier molecular flexibility index (Phi) is 4.99. The van der Waals surface area contributed by atoms with Gasteiger partial charge in [-0.05, 0) is 61.3 Å². The zero-order valence-electron chi connectivity index (χ0n) is 22.6. The SMILES string of the molecule is CC1=C[C@]2(C)[C@@H]3C(C)=C[C@]4(C)C[C@H](C)CC[C@H]4[C@@H]3C(=O)[C@@]23C(=O)N[C@](O)(Cc2ccccc2)[C@H]3[C@@H]1C.